The van der Waals surface area contributed by atoms with Gasteiger partial charge in [0.05, 0.1) is 18.7 Å². The number of benzene rings is 1. The molecule has 0 fully saturated rings. The van der Waals surface area contributed by atoms with Gasteiger partial charge >= 0.3 is 0 Å². The molecule has 1 aliphatic heterocycles. The van der Waals surface area contributed by atoms with E-state index in [0.717, 1.165) is 28.6 Å². The summed E-state index contributed by atoms with van der Waals surface area (Å²) < 4.78 is 11.5. The van der Waals surface area contributed by atoms with Gasteiger partial charge in [-0.2, -0.15) is 0 Å². The van der Waals surface area contributed by atoms with Crippen LogP contribution in [0.5, 0.6) is 11.5 Å². The number of carbonyl (C=O) groups is 1. The SMILES string of the molecule is CCCCCCCN1Cc2c(cc(OC)c(OC)c2Br)C1=O. The zero-order chi connectivity index (χ0) is 16.1. The number of rotatable bonds is 8. The highest BCUT2D eigenvalue weighted by Crippen LogP contribution is 2.42. The van der Waals surface area contributed by atoms with Crippen LogP contribution in [-0.4, -0.2) is 31.6 Å². The number of hydrogen-bond donors (Lipinski definition) is 0. The molecule has 0 radical (unpaired) electrons. The Bertz CT molecular complexity index is 545. The molecule has 2 rings (SSSR count). The molecular weight excluding hydrogens is 346 g/mol. The molecular formula is C17H24BrNO3. The highest BCUT2D eigenvalue weighted by Gasteiger charge is 2.31. The maximum atomic E-state index is 12.5. The van der Waals surface area contributed by atoms with Crippen molar-refractivity contribution in [2.45, 2.75) is 45.6 Å². The quantitative estimate of drug-likeness (QED) is 0.637. The van der Waals surface area contributed by atoms with Crippen LogP contribution in [0.4, 0.5) is 0 Å². The van der Waals surface area contributed by atoms with Crippen molar-refractivity contribution >= 4 is 21.8 Å². The molecule has 0 atom stereocenters. The third-order valence-corrected chi connectivity index (χ3v) is 4.95. The van der Waals surface area contributed by atoms with Gasteiger partial charge in [-0.25, -0.2) is 0 Å². The van der Waals surface area contributed by atoms with Gasteiger partial charge in [0.1, 0.15) is 0 Å². The first-order chi connectivity index (χ1) is 10.6. The van der Waals surface area contributed by atoms with Crippen LogP contribution in [-0.2, 0) is 6.54 Å². The summed E-state index contributed by atoms with van der Waals surface area (Å²) >= 11 is 3.56. The summed E-state index contributed by atoms with van der Waals surface area (Å²) in [5.41, 5.74) is 1.72. The summed E-state index contributed by atoms with van der Waals surface area (Å²) in [5.74, 6) is 1.33. The Hall–Kier alpha value is -1.23. The number of halogens is 1. The van der Waals surface area contributed by atoms with E-state index in [1.807, 2.05) is 4.90 Å². The first-order valence-electron chi connectivity index (χ1n) is 7.86. The average molecular weight is 370 g/mol. The van der Waals surface area contributed by atoms with Gasteiger partial charge in [0.2, 0.25) is 0 Å². The largest absolute Gasteiger partial charge is 0.493 e. The molecule has 0 saturated carbocycles. The van der Waals surface area contributed by atoms with Crippen molar-refractivity contribution in [1.82, 2.24) is 4.90 Å². The van der Waals surface area contributed by atoms with Crippen molar-refractivity contribution in [2.24, 2.45) is 0 Å². The highest BCUT2D eigenvalue weighted by atomic mass is 79.9. The summed E-state index contributed by atoms with van der Waals surface area (Å²) in [4.78, 5) is 14.5. The minimum Gasteiger partial charge on any atom is -0.493 e. The Morgan fingerprint density at radius 3 is 2.55 bits per heavy atom. The highest BCUT2D eigenvalue weighted by molar-refractivity contribution is 9.10. The van der Waals surface area contributed by atoms with E-state index in [0.29, 0.717) is 18.0 Å². The Labute approximate surface area is 140 Å². The molecule has 0 bridgehead atoms. The fourth-order valence-corrected chi connectivity index (χ4v) is 3.55. The predicted octanol–water partition coefficient (Wildman–Crippen LogP) is 4.39. The molecule has 122 valence electrons. The van der Waals surface area contributed by atoms with E-state index in [2.05, 4.69) is 22.9 Å². The van der Waals surface area contributed by atoms with E-state index in [1.165, 1.54) is 25.7 Å². The van der Waals surface area contributed by atoms with Crippen molar-refractivity contribution in [1.29, 1.82) is 0 Å². The van der Waals surface area contributed by atoms with Crippen LogP contribution in [0, 0.1) is 0 Å². The first kappa shape index (κ1) is 17.1. The fraction of sp³-hybridized carbons (Fsp3) is 0.588. The van der Waals surface area contributed by atoms with Crippen molar-refractivity contribution in [2.75, 3.05) is 20.8 Å². The van der Waals surface area contributed by atoms with Crippen LogP contribution in [0.25, 0.3) is 0 Å². The zero-order valence-corrected chi connectivity index (χ0v) is 15.2. The second-order valence-electron chi connectivity index (χ2n) is 5.59. The van der Waals surface area contributed by atoms with Crippen LogP contribution in [0.2, 0.25) is 0 Å². The van der Waals surface area contributed by atoms with Crippen molar-refractivity contribution in [3.63, 3.8) is 0 Å². The standard InChI is InChI=1S/C17H24BrNO3/c1-4-5-6-7-8-9-19-11-13-12(17(19)20)10-14(21-2)16(22-3)15(13)18/h10H,4-9,11H2,1-3H3. The molecule has 1 amide bonds. The summed E-state index contributed by atoms with van der Waals surface area (Å²) in [5, 5.41) is 0. The summed E-state index contributed by atoms with van der Waals surface area (Å²) in [6.07, 6.45) is 6.00. The van der Waals surface area contributed by atoms with E-state index in [-0.39, 0.29) is 5.91 Å². The molecule has 1 aromatic rings. The molecule has 0 aromatic heterocycles. The normalized spacial score (nSPS) is 13.5. The number of unbranched alkanes of at least 4 members (excludes halogenated alkanes) is 4. The van der Waals surface area contributed by atoms with Gasteiger partial charge < -0.3 is 14.4 Å². The summed E-state index contributed by atoms with van der Waals surface area (Å²) in [6.45, 7) is 3.66. The van der Waals surface area contributed by atoms with Crippen LogP contribution in [0.15, 0.2) is 10.5 Å². The van der Waals surface area contributed by atoms with E-state index < -0.39 is 0 Å². The van der Waals surface area contributed by atoms with Crippen LogP contribution < -0.4 is 9.47 Å². The Morgan fingerprint density at radius 2 is 1.91 bits per heavy atom. The first-order valence-corrected chi connectivity index (χ1v) is 8.65. The number of carbonyl (C=O) groups excluding carboxylic acids is 1. The molecule has 1 aliphatic rings. The zero-order valence-electron chi connectivity index (χ0n) is 13.6. The molecule has 0 saturated heterocycles. The number of methoxy groups -OCH3 is 2. The number of ether oxygens (including phenoxy) is 2. The van der Waals surface area contributed by atoms with Gasteiger partial charge in [-0.15, -0.1) is 0 Å². The second kappa shape index (κ2) is 7.86. The lowest BCUT2D eigenvalue weighted by Crippen LogP contribution is -2.24. The molecule has 5 heteroatoms. The molecule has 0 spiro atoms. The molecule has 1 heterocycles. The van der Waals surface area contributed by atoms with Crippen LogP contribution in [0.3, 0.4) is 0 Å². The minimum absolute atomic E-state index is 0.0899. The average Bonchev–Trinajstić information content (AvgIpc) is 2.84. The minimum atomic E-state index is 0.0899. The summed E-state index contributed by atoms with van der Waals surface area (Å²) in [6, 6.07) is 1.79. The summed E-state index contributed by atoms with van der Waals surface area (Å²) in [7, 11) is 3.19. The van der Waals surface area contributed by atoms with Crippen molar-refractivity contribution < 1.29 is 14.3 Å². The van der Waals surface area contributed by atoms with Crippen LogP contribution in [0.1, 0.15) is 54.9 Å². The van der Waals surface area contributed by atoms with Gasteiger partial charge in [-0.05, 0) is 28.4 Å². The Balaban J connectivity index is 2.09. The van der Waals surface area contributed by atoms with E-state index in [9.17, 15) is 4.79 Å². The fourth-order valence-electron chi connectivity index (χ4n) is 2.85. The van der Waals surface area contributed by atoms with E-state index in [4.69, 9.17) is 9.47 Å². The van der Waals surface area contributed by atoms with Gasteiger partial charge in [0.15, 0.2) is 11.5 Å². The number of hydrogen-bond acceptors (Lipinski definition) is 3. The Morgan fingerprint density at radius 1 is 1.18 bits per heavy atom. The number of amides is 1. The lowest BCUT2D eigenvalue weighted by molar-refractivity contribution is 0.0775. The Kier molecular flexibility index (Phi) is 6.12. The molecule has 4 nitrogen and oxygen atoms in total. The molecule has 1 aromatic carbocycles. The monoisotopic (exact) mass is 369 g/mol. The number of fused-ring (bicyclic) bond motifs is 1. The molecule has 0 unspecified atom stereocenters. The van der Waals surface area contributed by atoms with Gasteiger partial charge in [-0.3, -0.25) is 4.79 Å². The third kappa shape index (κ3) is 3.40. The van der Waals surface area contributed by atoms with Gasteiger partial charge in [0, 0.05) is 24.2 Å². The van der Waals surface area contributed by atoms with E-state index in [1.54, 1.807) is 20.3 Å². The lowest BCUT2D eigenvalue weighted by atomic mass is 10.1. The molecule has 0 N–H and O–H groups in total. The second-order valence-corrected chi connectivity index (χ2v) is 6.39. The molecule has 22 heavy (non-hydrogen) atoms. The van der Waals surface area contributed by atoms with Gasteiger partial charge in [-0.1, -0.05) is 32.6 Å². The smallest absolute Gasteiger partial charge is 0.254 e. The van der Waals surface area contributed by atoms with E-state index >= 15 is 0 Å². The third-order valence-electron chi connectivity index (χ3n) is 4.11. The maximum absolute atomic E-state index is 12.5. The van der Waals surface area contributed by atoms with Crippen molar-refractivity contribution in [3.8, 4) is 11.5 Å². The molecule has 0 aliphatic carbocycles. The number of nitrogens with zero attached hydrogens (tertiary/aromatic N) is 1. The van der Waals surface area contributed by atoms with Crippen molar-refractivity contribution in [3.05, 3.63) is 21.7 Å². The van der Waals surface area contributed by atoms with Gasteiger partial charge in [0.25, 0.3) is 5.91 Å². The predicted molar refractivity (Wildman–Crippen MR) is 90.7 cm³/mol. The van der Waals surface area contributed by atoms with Crippen LogP contribution >= 0.6 is 15.9 Å². The maximum Gasteiger partial charge on any atom is 0.254 e. The topological polar surface area (TPSA) is 38.8 Å². The lowest BCUT2D eigenvalue weighted by Gasteiger charge is -2.15.